The largest absolute Gasteiger partial charge is 0.389 e. The van der Waals surface area contributed by atoms with Crippen molar-refractivity contribution >= 4 is 60.4 Å². The number of nitrogens with two attached hydrogens (primary N) is 1. The van der Waals surface area contributed by atoms with Gasteiger partial charge in [-0.25, -0.2) is 8.42 Å². The van der Waals surface area contributed by atoms with Crippen LogP contribution >= 0.6 is 39.7 Å². The van der Waals surface area contributed by atoms with Crippen LogP contribution in [0.15, 0.2) is 51.8 Å². The number of thiocarbonyl (C=S) groups is 1. The van der Waals surface area contributed by atoms with Gasteiger partial charge in [-0.2, -0.15) is 0 Å². The molecule has 0 aliphatic carbocycles. The van der Waals surface area contributed by atoms with Crippen molar-refractivity contribution in [3.05, 3.63) is 57.5 Å². The van der Waals surface area contributed by atoms with Crippen molar-refractivity contribution in [3.63, 3.8) is 0 Å². The maximum atomic E-state index is 12.3. The Kier molecular flexibility index (Phi) is 4.88. The Morgan fingerprint density at radius 1 is 1.19 bits per heavy atom. The molecule has 2 rings (SSSR count). The standard InChI is InChI=1S/C13H10BrClN2O2S2/c14-11-7-9(15)3-6-12(11)17-21(18,19)10-4-1-8(2-5-10)13(16)20/h1-7,17H,(H2,16,20). The SMILES string of the molecule is NC(=S)c1ccc(S(=O)(=O)Nc2ccc(Cl)cc2Br)cc1. The normalized spacial score (nSPS) is 11.1. The van der Waals surface area contributed by atoms with Crippen LogP contribution in [0.1, 0.15) is 5.56 Å². The lowest BCUT2D eigenvalue weighted by molar-refractivity contribution is 0.601. The first-order chi connectivity index (χ1) is 9.79. The molecule has 0 aliphatic rings. The van der Waals surface area contributed by atoms with Crippen molar-refractivity contribution < 1.29 is 8.42 Å². The number of rotatable bonds is 4. The summed E-state index contributed by atoms with van der Waals surface area (Å²) in [5, 5.41) is 0.505. The Morgan fingerprint density at radius 2 is 1.81 bits per heavy atom. The van der Waals surface area contributed by atoms with Crippen LogP contribution in [0.25, 0.3) is 0 Å². The first kappa shape index (κ1) is 16.2. The molecule has 0 bridgehead atoms. The maximum Gasteiger partial charge on any atom is 0.261 e. The lowest BCUT2D eigenvalue weighted by Gasteiger charge is -2.10. The van der Waals surface area contributed by atoms with Crippen molar-refractivity contribution in [3.8, 4) is 0 Å². The topological polar surface area (TPSA) is 72.2 Å². The minimum atomic E-state index is -3.70. The van der Waals surface area contributed by atoms with Gasteiger partial charge in [0, 0.05) is 15.1 Å². The maximum absolute atomic E-state index is 12.3. The molecule has 0 aliphatic heterocycles. The van der Waals surface area contributed by atoms with Gasteiger partial charge in [-0.05, 0) is 46.3 Å². The van der Waals surface area contributed by atoms with Crippen molar-refractivity contribution in [2.45, 2.75) is 4.90 Å². The summed E-state index contributed by atoms with van der Waals surface area (Å²) in [5.74, 6) is 0. The van der Waals surface area contributed by atoms with E-state index in [0.717, 1.165) is 0 Å². The predicted octanol–water partition coefficient (Wildman–Crippen LogP) is 3.54. The van der Waals surface area contributed by atoms with E-state index in [2.05, 4.69) is 20.7 Å². The highest BCUT2D eigenvalue weighted by Gasteiger charge is 2.15. The quantitative estimate of drug-likeness (QED) is 0.763. The number of anilines is 1. The summed E-state index contributed by atoms with van der Waals surface area (Å²) >= 11 is 13.9. The summed E-state index contributed by atoms with van der Waals surface area (Å²) in [6, 6.07) is 10.8. The molecule has 0 amide bonds. The van der Waals surface area contributed by atoms with Crippen LogP contribution in [-0.2, 0) is 10.0 Å². The Morgan fingerprint density at radius 3 is 2.33 bits per heavy atom. The molecule has 0 atom stereocenters. The fourth-order valence-electron chi connectivity index (χ4n) is 1.57. The summed E-state index contributed by atoms with van der Waals surface area (Å²) in [7, 11) is -3.70. The molecule has 8 heteroatoms. The van der Waals surface area contributed by atoms with Gasteiger partial charge in [0.25, 0.3) is 10.0 Å². The molecular weight excluding hydrogens is 396 g/mol. The molecule has 0 saturated heterocycles. The minimum absolute atomic E-state index is 0.115. The number of benzene rings is 2. The molecule has 0 fully saturated rings. The van der Waals surface area contributed by atoms with Crippen LogP contribution in [0.4, 0.5) is 5.69 Å². The van der Waals surface area contributed by atoms with E-state index in [9.17, 15) is 8.42 Å². The molecule has 0 aromatic heterocycles. The number of nitrogens with one attached hydrogen (secondary N) is 1. The highest BCUT2D eigenvalue weighted by atomic mass is 79.9. The van der Waals surface area contributed by atoms with E-state index in [1.54, 1.807) is 30.3 Å². The molecule has 0 radical (unpaired) electrons. The highest BCUT2D eigenvalue weighted by Crippen LogP contribution is 2.28. The molecule has 2 aromatic carbocycles. The highest BCUT2D eigenvalue weighted by molar-refractivity contribution is 9.10. The van der Waals surface area contributed by atoms with Crippen molar-refractivity contribution in [1.82, 2.24) is 0 Å². The zero-order chi connectivity index (χ0) is 15.6. The molecule has 2 aromatic rings. The predicted molar refractivity (Wildman–Crippen MR) is 92.3 cm³/mol. The van der Waals surface area contributed by atoms with Crippen molar-refractivity contribution in [2.24, 2.45) is 5.73 Å². The van der Waals surface area contributed by atoms with E-state index in [1.807, 2.05) is 0 Å². The average molecular weight is 406 g/mol. The summed E-state index contributed by atoms with van der Waals surface area (Å²) in [4.78, 5) is 0.330. The third kappa shape index (κ3) is 3.94. The van der Waals surface area contributed by atoms with Gasteiger partial charge >= 0.3 is 0 Å². The van der Waals surface area contributed by atoms with Crippen LogP contribution in [0.2, 0.25) is 5.02 Å². The van der Waals surface area contributed by atoms with Gasteiger partial charge in [0.05, 0.1) is 10.6 Å². The van der Waals surface area contributed by atoms with Crippen molar-refractivity contribution in [1.29, 1.82) is 0 Å². The first-order valence-corrected chi connectivity index (χ1v) is 8.73. The van der Waals surface area contributed by atoms with Gasteiger partial charge in [0.15, 0.2) is 0 Å². The van der Waals surface area contributed by atoms with Gasteiger partial charge < -0.3 is 5.73 Å². The molecule has 3 N–H and O–H groups in total. The van der Waals surface area contributed by atoms with Gasteiger partial charge in [-0.15, -0.1) is 0 Å². The zero-order valence-corrected chi connectivity index (χ0v) is 14.5. The fourth-order valence-corrected chi connectivity index (χ4v) is 3.70. The van der Waals surface area contributed by atoms with Crippen LogP contribution in [-0.4, -0.2) is 13.4 Å². The van der Waals surface area contributed by atoms with E-state index in [1.165, 1.54) is 12.1 Å². The molecule has 0 saturated carbocycles. The monoisotopic (exact) mass is 404 g/mol. The second-order valence-electron chi connectivity index (χ2n) is 4.12. The third-order valence-corrected chi connectivity index (χ3v) is 5.13. The van der Waals surface area contributed by atoms with Gasteiger partial charge in [-0.1, -0.05) is 36.0 Å². The van der Waals surface area contributed by atoms with Gasteiger partial charge in [0.2, 0.25) is 0 Å². The molecule has 0 heterocycles. The summed E-state index contributed by atoms with van der Waals surface area (Å²) in [6.07, 6.45) is 0. The lowest BCUT2D eigenvalue weighted by Crippen LogP contribution is -2.14. The summed E-state index contributed by atoms with van der Waals surface area (Å²) in [5.41, 5.74) is 6.49. The van der Waals surface area contributed by atoms with Crippen LogP contribution < -0.4 is 10.5 Å². The van der Waals surface area contributed by atoms with E-state index in [0.29, 0.717) is 20.7 Å². The van der Waals surface area contributed by atoms with Crippen LogP contribution in [0.3, 0.4) is 0 Å². The Bertz CT molecular complexity index is 792. The van der Waals surface area contributed by atoms with Crippen LogP contribution in [0, 0.1) is 0 Å². The average Bonchev–Trinajstić information content (AvgIpc) is 2.42. The molecule has 0 unspecified atom stereocenters. The molecule has 21 heavy (non-hydrogen) atoms. The lowest BCUT2D eigenvalue weighted by atomic mass is 10.2. The van der Waals surface area contributed by atoms with E-state index < -0.39 is 10.0 Å². The number of sulfonamides is 1. The number of halogens is 2. The minimum Gasteiger partial charge on any atom is -0.389 e. The van der Waals surface area contributed by atoms with E-state index in [-0.39, 0.29) is 9.88 Å². The van der Waals surface area contributed by atoms with Gasteiger partial charge in [0.1, 0.15) is 4.99 Å². The Labute approximate surface area is 141 Å². The third-order valence-electron chi connectivity index (χ3n) is 2.62. The van der Waals surface area contributed by atoms with Crippen molar-refractivity contribution in [2.75, 3.05) is 4.72 Å². The summed E-state index contributed by atoms with van der Waals surface area (Å²) in [6.45, 7) is 0. The Balaban J connectivity index is 2.31. The smallest absolute Gasteiger partial charge is 0.261 e. The number of hydrogen-bond acceptors (Lipinski definition) is 3. The van der Waals surface area contributed by atoms with Crippen LogP contribution in [0.5, 0.6) is 0 Å². The summed E-state index contributed by atoms with van der Waals surface area (Å²) < 4.78 is 27.6. The zero-order valence-electron chi connectivity index (χ0n) is 10.5. The molecule has 110 valence electrons. The Hall–Kier alpha value is -1.15. The van der Waals surface area contributed by atoms with E-state index in [4.69, 9.17) is 29.6 Å². The first-order valence-electron chi connectivity index (χ1n) is 5.67. The molecule has 0 spiro atoms. The fraction of sp³-hybridized carbons (Fsp3) is 0. The second kappa shape index (κ2) is 6.31. The molecule has 4 nitrogen and oxygen atoms in total. The molecular formula is C13H10BrClN2O2S2. The van der Waals surface area contributed by atoms with E-state index >= 15 is 0 Å². The second-order valence-corrected chi connectivity index (χ2v) is 7.53. The van der Waals surface area contributed by atoms with Gasteiger partial charge in [-0.3, -0.25) is 4.72 Å². The number of hydrogen-bond donors (Lipinski definition) is 2.